The molecule has 6 N–H and O–H groups in total. The topological polar surface area (TPSA) is 234 Å². The fourth-order valence-electron chi connectivity index (χ4n) is 11.8. The number of ether oxygens (including phenoxy) is 4. The molecule has 18 nitrogen and oxygen atoms in total. The third-order valence-corrected chi connectivity index (χ3v) is 14.4. The van der Waals surface area contributed by atoms with Crippen LogP contribution in [-0.2, 0) is 32.3 Å². The molecule has 8 heterocycles. The lowest BCUT2D eigenvalue weighted by atomic mass is 9.85. The highest BCUT2D eigenvalue weighted by Crippen LogP contribution is 2.51. The monoisotopic (exact) mass is 906 g/mol. The quantitative estimate of drug-likeness (QED) is 0.0952. The van der Waals surface area contributed by atoms with Gasteiger partial charge in [-0.2, -0.15) is 0 Å². The van der Waals surface area contributed by atoms with Crippen LogP contribution in [0.2, 0.25) is 0 Å². The predicted molar refractivity (Wildman–Crippen MR) is 238 cm³/mol. The first-order valence-corrected chi connectivity index (χ1v) is 23.4. The van der Waals surface area contributed by atoms with Crippen LogP contribution in [0.1, 0.15) is 114 Å². The number of nitrogens with one attached hydrogen (secondary N) is 4. The van der Waals surface area contributed by atoms with E-state index in [0.29, 0.717) is 76.5 Å². The summed E-state index contributed by atoms with van der Waals surface area (Å²) in [7, 11) is 0. The molecule has 0 spiro atoms. The van der Waals surface area contributed by atoms with Crippen molar-refractivity contribution in [3.63, 3.8) is 0 Å². The Hall–Kier alpha value is -6.14. The number of aromatic amines is 2. The first kappa shape index (κ1) is 43.7. The van der Waals surface area contributed by atoms with Crippen LogP contribution in [0.4, 0.5) is 9.59 Å². The van der Waals surface area contributed by atoms with E-state index in [2.05, 4.69) is 32.7 Å². The van der Waals surface area contributed by atoms with E-state index in [1.54, 1.807) is 22.2 Å². The Morgan fingerprint density at radius 1 is 0.636 bits per heavy atom. The zero-order chi connectivity index (χ0) is 46.0. The summed E-state index contributed by atoms with van der Waals surface area (Å²) in [6.45, 7) is 9.48. The van der Waals surface area contributed by atoms with Gasteiger partial charge in [0.1, 0.15) is 48.4 Å². The van der Waals surface area contributed by atoms with Crippen LogP contribution in [0.15, 0.2) is 36.7 Å². The van der Waals surface area contributed by atoms with Crippen molar-refractivity contribution in [2.45, 2.75) is 141 Å². The van der Waals surface area contributed by atoms with Crippen molar-refractivity contribution in [2.75, 3.05) is 13.1 Å². The van der Waals surface area contributed by atoms with E-state index in [1.807, 2.05) is 39.8 Å². The molecule has 350 valence electrons. The minimum Gasteiger partial charge on any atom is -0.488 e. The van der Waals surface area contributed by atoms with Gasteiger partial charge in [0, 0.05) is 46.5 Å². The van der Waals surface area contributed by atoms with Gasteiger partial charge in [-0.3, -0.25) is 9.59 Å². The second-order valence-electron chi connectivity index (χ2n) is 19.2. The molecular formula is C48H58N8O10. The Labute approximate surface area is 382 Å². The van der Waals surface area contributed by atoms with Crippen LogP contribution in [-0.4, -0.2) is 114 Å². The van der Waals surface area contributed by atoms with E-state index in [9.17, 15) is 29.4 Å². The number of carbonyl (C=O) groups excluding carboxylic acids is 2. The normalized spacial score (nSPS) is 27.6. The number of hydrogen-bond acceptors (Lipinski definition) is 10. The number of aromatic nitrogens is 4. The molecule has 4 fully saturated rings. The highest BCUT2D eigenvalue weighted by atomic mass is 16.5. The molecule has 2 aromatic heterocycles. The number of rotatable bonds is 10. The second-order valence-corrected chi connectivity index (χ2v) is 19.2. The maximum absolute atomic E-state index is 14.2. The van der Waals surface area contributed by atoms with Crippen LogP contribution >= 0.6 is 0 Å². The number of nitrogens with zero attached hydrogens (tertiary/aromatic N) is 4. The van der Waals surface area contributed by atoms with Gasteiger partial charge in [0.2, 0.25) is 11.8 Å². The summed E-state index contributed by atoms with van der Waals surface area (Å²) in [5.74, 6) is 1.94. The van der Waals surface area contributed by atoms with Crippen molar-refractivity contribution in [3.8, 4) is 45.1 Å². The Morgan fingerprint density at radius 3 is 1.41 bits per heavy atom. The second kappa shape index (κ2) is 17.6. The van der Waals surface area contributed by atoms with E-state index in [-0.39, 0.29) is 60.1 Å². The molecule has 6 aliphatic heterocycles. The van der Waals surface area contributed by atoms with E-state index in [4.69, 9.17) is 28.9 Å². The summed E-state index contributed by atoms with van der Waals surface area (Å²) in [4.78, 5) is 72.2. The Bertz CT molecular complexity index is 2300. The molecule has 66 heavy (non-hydrogen) atoms. The summed E-state index contributed by atoms with van der Waals surface area (Å²) >= 11 is 0. The molecule has 6 aliphatic rings. The Morgan fingerprint density at radius 2 is 1.03 bits per heavy atom. The van der Waals surface area contributed by atoms with Gasteiger partial charge in [0.25, 0.3) is 0 Å². The molecule has 2 aromatic carbocycles. The number of imidazole rings is 2. The minimum atomic E-state index is -1.22. The van der Waals surface area contributed by atoms with Gasteiger partial charge >= 0.3 is 12.2 Å². The Balaban J connectivity index is 0.864. The fourth-order valence-corrected chi connectivity index (χ4v) is 11.8. The van der Waals surface area contributed by atoms with Gasteiger partial charge in [-0.25, -0.2) is 19.6 Å². The van der Waals surface area contributed by atoms with Gasteiger partial charge in [-0.15, -0.1) is 0 Å². The molecule has 0 bridgehead atoms. The number of hydrogen-bond donors (Lipinski definition) is 6. The van der Waals surface area contributed by atoms with Crippen molar-refractivity contribution >= 4 is 24.0 Å². The lowest BCUT2D eigenvalue weighted by molar-refractivity contribution is -0.139. The highest BCUT2D eigenvalue weighted by molar-refractivity contribution is 5.89. The van der Waals surface area contributed by atoms with E-state index < -0.39 is 24.3 Å². The van der Waals surface area contributed by atoms with Crippen LogP contribution in [0.25, 0.3) is 33.6 Å². The zero-order valence-corrected chi connectivity index (χ0v) is 37.7. The SMILES string of the molecule is C[C@@H]1CC(C(NC(=O)O)C(=O)N2CCC[C@H]2c2ncc(-c3cc4c5c(c3)OCc3cc(-c6cnc([C@@H]7CCCN7C(=O)C(NC(=O)O)C7C[C@@H](C)O[C@H](C)C7)[nH]6)cc(c3-5)OC4)[nH]2)C[C@@H](C)O1. The fraction of sp³-hybridized carbons (Fsp3) is 0.542. The largest absolute Gasteiger partial charge is 0.488 e. The number of carbonyl (C=O) groups is 4. The molecule has 10 rings (SSSR count). The third-order valence-electron chi connectivity index (χ3n) is 14.4. The van der Waals surface area contributed by atoms with Crippen LogP contribution in [0, 0.1) is 11.8 Å². The predicted octanol–water partition coefficient (Wildman–Crippen LogP) is 6.93. The first-order valence-electron chi connectivity index (χ1n) is 23.4. The summed E-state index contributed by atoms with van der Waals surface area (Å²) in [5, 5.41) is 24.6. The summed E-state index contributed by atoms with van der Waals surface area (Å²) in [5.41, 5.74) is 7.18. The van der Waals surface area contributed by atoms with Crippen molar-refractivity contribution in [2.24, 2.45) is 11.8 Å². The number of likely N-dealkylation sites (tertiary alicyclic amines) is 2. The number of benzene rings is 2. The molecule has 0 saturated carbocycles. The summed E-state index contributed by atoms with van der Waals surface area (Å²) in [6.07, 6.45) is 6.12. The molecule has 18 heteroatoms. The number of amides is 4. The number of H-pyrrole nitrogens is 2. The lowest BCUT2D eigenvalue weighted by Gasteiger charge is -2.38. The molecule has 2 unspecified atom stereocenters. The van der Waals surface area contributed by atoms with Crippen molar-refractivity contribution < 1.29 is 48.3 Å². The third kappa shape index (κ3) is 8.33. The first-order chi connectivity index (χ1) is 31.8. The lowest BCUT2D eigenvalue weighted by Crippen LogP contribution is -2.54. The maximum atomic E-state index is 14.2. The van der Waals surface area contributed by atoms with Gasteiger partial charge in [-0.1, -0.05) is 0 Å². The molecule has 8 atom stereocenters. The molecule has 0 aliphatic carbocycles. The highest BCUT2D eigenvalue weighted by Gasteiger charge is 2.44. The molecule has 4 amide bonds. The van der Waals surface area contributed by atoms with E-state index in [0.717, 1.165) is 69.1 Å². The average molecular weight is 907 g/mol. The molecule has 4 saturated heterocycles. The van der Waals surface area contributed by atoms with E-state index >= 15 is 0 Å². The minimum absolute atomic E-state index is 0.0751. The van der Waals surface area contributed by atoms with Crippen molar-refractivity contribution in [3.05, 3.63) is 59.4 Å². The van der Waals surface area contributed by atoms with Crippen LogP contribution < -0.4 is 20.1 Å². The molecule has 0 radical (unpaired) electrons. The van der Waals surface area contributed by atoms with Crippen molar-refractivity contribution in [1.82, 2.24) is 40.4 Å². The Kier molecular flexibility index (Phi) is 11.7. The number of carboxylic acid groups (broad SMARTS) is 2. The van der Waals surface area contributed by atoms with Crippen molar-refractivity contribution in [1.29, 1.82) is 0 Å². The maximum Gasteiger partial charge on any atom is 0.405 e. The van der Waals surface area contributed by atoms with Gasteiger partial charge in [0.05, 0.1) is 60.3 Å². The average Bonchev–Trinajstić information content (AvgIpc) is 4.12. The van der Waals surface area contributed by atoms with Gasteiger partial charge < -0.3 is 59.6 Å². The summed E-state index contributed by atoms with van der Waals surface area (Å²) < 4.78 is 24.7. The van der Waals surface area contributed by atoms with Gasteiger partial charge in [-0.05, 0) is 115 Å². The van der Waals surface area contributed by atoms with Crippen LogP contribution in [0.5, 0.6) is 11.5 Å². The standard InChI is InChI=1S/C48H58N8O10/c1-23-11-29(12-24(2)65-23)41(53-47(59)60)45(57)55-9-5-7-35(55)43-49-19-33(51-43)27-15-31-21-64-38-18-28(16-32-22-63-37(17-27)39(31)40(32)38)34-20-50-44(52-34)36-8-6-10-56(36)46(58)42(54-48(61)62)30-13-25(3)66-26(4)14-30/h15-20,23-26,29-30,35-36,41-42,53-54H,5-14,21-22H2,1-4H3,(H,49,51)(H,50,52)(H,59,60)(H,61,62)/t23-,24-,25-,26-,35+,36+,41?,42?/m1/s1. The summed E-state index contributed by atoms with van der Waals surface area (Å²) in [6, 6.07) is 5.78. The van der Waals surface area contributed by atoms with Gasteiger partial charge in [0.15, 0.2) is 0 Å². The van der Waals surface area contributed by atoms with Crippen LogP contribution in [0.3, 0.4) is 0 Å². The molecular weight excluding hydrogens is 849 g/mol. The van der Waals surface area contributed by atoms with E-state index in [1.165, 1.54) is 0 Å². The smallest absolute Gasteiger partial charge is 0.405 e. The molecule has 4 aromatic rings. The zero-order valence-electron chi connectivity index (χ0n) is 37.7.